The van der Waals surface area contributed by atoms with Crippen LogP contribution in [0.5, 0.6) is 0 Å². The number of nitro groups is 1. The Balaban J connectivity index is 3.28. The number of ether oxygens (including phenoxy) is 1. The van der Waals surface area contributed by atoms with E-state index in [1.54, 1.807) is 13.8 Å². The minimum atomic E-state index is -0.598. The van der Waals surface area contributed by atoms with Crippen LogP contribution in [0.15, 0.2) is 0 Å². The van der Waals surface area contributed by atoms with E-state index in [4.69, 9.17) is 0 Å². The molecule has 0 spiro atoms. The van der Waals surface area contributed by atoms with Crippen LogP contribution in [0.2, 0.25) is 0 Å². The molecule has 6 heteroatoms. The highest BCUT2D eigenvalue weighted by atomic mass is 16.6. The second-order valence-corrected chi connectivity index (χ2v) is 2.85. The van der Waals surface area contributed by atoms with Crippen LogP contribution in [-0.2, 0) is 4.74 Å². The Kier molecular flexibility index (Phi) is 2.55. The summed E-state index contributed by atoms with van der Waals surface area (Å²) in [6.07, 6.45) is 0. The maximum Gasteiger partial charge on any atom is 0.378 e. The Morgan fingerprint density at radius 2 is 2.00 bits per heavy atom. The Hall–Kier alpha value is -1.85. The van der Waals surface area contributed by atoms with E-state index >= 15 is 0 Å². The fourth-order valence-electron chi connectivity index (χ4n) is 1.16. The summed E-state index contributed by atoms with van der Waals surface area (Å²) in [5, 5.41) is 10.5. The molecule has 1 aromatic rings. The molecule has 0 fully saturated rings. The fraction of sp³-hybridized carbons (Fsp3) is 0.375. The molecule has 0 aliphatic rings. The van der Waals surface area contributed by atoms with E-state index in [-0.39, 0.29) is 11.5 Å². The molecule has 0 unspecified atom stereocenters. The predicted molar refractivity (Wildman–Crippen MR) is 48.3 cm³/mol. The standard InChI is InChI=1S/C8H10N2O4/c1-4-5(2)7(10(12)13)9-6(4)8(11)14-3/h9H,1-3H3. The van der Waals surface area contributed by atoms with Gasteiger partial charge in [0.25, 0.3) is 0 Å². The number of nitrogens with one attached hydrogen (secondary N) is 1. The summed E-state index contributed by atoms with van der Waals surface area (Å²) in [6, 6.07) is 0. The maximum atomic E-state index is 11.1. The number of H-pyrrole nitrogens is 1. The molecule has 0 saturated carbocycles. The van der Waals surface area contributed by atoms with Crippen LogP contribution >= 0.6 is 0 Å². The lowest BCUT2D eigenvalue weighted by atomic mass is 10.2. The van der Waals surface area contributed by atoms with Crippen molar-refractivity contribution in [2.75, 3.05) is 7.11 Å². The van der Waals surface area contributed by atoms with Gasteiger partial charge < -0.3 is 14.9 Å². The molecule has 0 atom stereocenters. The van der Waals surface area contributed by atoms with E-state index < -0.39 is 10.9 Å². The van der Waals surface area contributed by atoms with Crippen LogP contribution in [0.25, 0.3) is 0 Å². The van der Waals surface area contributed by atoms with Gasteiger partial charge in [0.05, 0.1) is 7.11 Å². The average Bonchev–Trinajstić information content (AvgIpc) is 2.43. The third-order valence-electron chi connectivity index (χ3n) is 2.11. The van der Waals surface area contributed by atoms with Crippen molar-refractivity contribution >= 4 is 11.8 Å². The molecule has 6 nitrogen and oxygen atoms in total. The molecule has 0 saturated heterocycles. The number of esters is 1. The van der Waals surface area contributed by atoms with Crippen LogP contribution < -0.4 is 0 Å². The van der Waals surface area contributed by atoms with E-state index in [9.17, 15) is 14.9 Å². The topological polar surface area (TPSA) is 85.2 Å². The number of carbonyl (C=O) groups is 1. The van der Waals surface area contributed by atoms with E-state index in [1.807, 2.05) is 0 Å². The number of aromatic amines is 1. The number of hydrogen-bond acceptors (Lipinski definition) is 4. The Bertz CT molecular complexity index is 394. The van der Waals surface area contributed by atoms with Crippen LogP contribution in [0.3, 0.4) is 0 Å². The molecule has 0 amide bonds. The number of rotatable bonds is 2. The number of methoxy groups -OCH3 is 1. The first-order valence-electron chi connectivity index (χ1n) is 3.91. The molecule has 1 aromatic heterocycles. The molecule has 0 radical (unpaired) electrons. The maximum absolute atomic E-state index is 11.1. The Morgan fingerprint density at radius 1 is 1.43 bits per heavy atom. The van der Waals surface area contributed by atoms with Gasteiger partial charge in [0.15, 0.2) is 0 Å². The van der Waals surface area contributed by atoms with Crippen molar-refractivity contribution in [3.63, 3.8) is 0 Å². The summed E-state index contributed by atoms with van der Waals surface area (Å²) in [6.45, 7) is 3.21. The lowest BCUT2D eigenvalue weighted by molar-refractivity contribution is -0.389. The molecule has 76 valence electrons. The molecule has 1 rings (SSSR count). The van der Waals surface area contributed by atoms with Crippen molar-refractivity contribution < 1.29 is 14.5 Å². The van der Waals surface area contributed by atoms with Gasteiger partial charge in [0.1, 0.15) is 0 Å². The fourth-order valence-corrected chi connectivity index (χ4v) is 1.16. The molecular weight excluding hydrogens is 188 g/mol. The highest BCUT2D eigenvalue weighted by Gasteiger charge is 2.24. The predicted octanol–water partition coefficient (Wildman–Crippen LogP) is 1.33. The van der Waals surface area contributed by atoms with Crippen LogP contribution in [0.4, 0.5) is 5.82 Å². The minimum absolute atomic E-state index is 0.136. The summed E-state index contributed by atoms with van der Waals surface area (Å²) in [5.41, 5.74) is 1.13. The summed E-state index contributed by atoms with van der Waals surface area (Å²) < 4.78 is 4.47. The lowest BCUT2D eigenvalue weighted by Gasteiger charge is -1.92. The van der Waals surface area contributed by atoms with E-state index in [0.29, 0.717) is 11.1 Å². The summed E-state index contributed by atoms with van der Waals surface area (Å²) in [7, 11) is 1.23. The van der Waals surface area contributed by atoms with Gasteiger partial charge in [0, 0.05) is 11.1 Å². The highest BCUT2D eigenvalue weighted by molar-refractivity contribution is 5.90. The van der Waals surface area contributed by atoms with E-state index in [0.717, 1.165) is 0 Å². The highest BCUT2D eigenvalue weighted by Crippen LogP contribution is 2.23. The van der Waals surface area contributed by atoms with Crippen LogP contribution in [0, 0.1) is 24.0 Å². The third-order valence-corrected chi connectivity index (χ3v) is 2.11. The number of aromatic nitrogens is 1. The van der Waals surface area contributed by atoms with Gasteiger partial charge in [-0.05, 0) is 18.8 Å². The first-order valence-corrected chi connectivity index (χ1v) is 3.91. The first-order chi connectivity index (χ1) is 6.49. The lowest BCUT2D eigenvalue weighted by Crippen LogP contribution is -2.03. The van der Waals surface area contributed by atoms with Crippen molar-refractivity contribution in [1.29, 1.82) is 0 Å². The Labute approximate surface area is 80.0 Å². The zero-order valence-electron chi connectivity index (χ0n) is 8.08. The second-order valence-electron chi connectivity index (χ2n) is 2.85. The van der Waals surface area contributed by atoms with Gasteiger partial charge in [-0.3, -0.25) is 0 Å². The normalized spacial score (nSPS) is 9.93. The van der Waals surface area contributed by atoms with Crippen molar-refractivity contribution in [3.8, 4) is 0 Å². The molecule has 0 aromatic carbocycles. The monoisotopic (exact) mass is 198 g/mol. The van der Waals surface area contributed by atoms with Crippen molar-refractivity contribution in [3.05, 3.63) is 26.9 Å². The largest absolute Gasteiger partial charge is 0.463 e. The van der Waals surface area contributed by atoms with Crippen molar-refractivity contribution in [2.45, 2.75) is 13.8 Å². The zero-order chi connectivity index (χ0) is 10.9. The SMILES string of the molecule is COC(=O)c1[nH]c([N+](=O)[O-])c(C)c1C. The van der Waals surface area contributed by atoms with Crippen LogP contribution in [0.1, 0.15) is 21.6 Å². The molecule has 1 heterocycles. The van der Waals surface area contributed by atoms with Crippen molar-refractivity contribution in [1.82, 2.24) is 4.98 Å². The first kappa shape index (κ1) is 10.2. The smallest absolute Gasteiger partial charge is 0.378 e. The molecular formula is C8H10N2O4. The van der Waals surface area contributed by atoms with Crippen LogP contribution in [-0.4, -0.2) is 23.0 Å². The van der Waals surface area contributed by atoms with Gasteiger partial charge in [-0.1, -0.05) is 0 Å². The second kappa shape index (κ2) is 3.49. The molecule has 0 bridgehead atoms. The third kappa shape index (κ3) is 1.46. The number of hydrogen-bond donors (Lipinski definition) is 1. The molecule has 0 aliphatic heterocycles. The summed E-state index contributed by atoms with van der Waals surface area (Å²) in [4.78, 5) is 23.5. The van der Waals surface area contributed by atoms with Crippen molar-refractivity contribution in [2.24, 2.45) is 0 Å². The molecule has 14 heavy (non-hydrogen) atoms. The van der Waals surface area contributed by atoms with Gasteiger partial charge in [-0.25, -0.2) is 9.78 Å². The molecule has 0 aliphatic carbocycles. The van der Waals surface area contributed by atoms with Gasteiger partial charge in [-0.15, -0.1) is 0 Å². The van der Waals surface area contributed by atoms with Gasteiger partial charge >= 0.3 is 11.8 Å². The van der Waals surface area contributed by atoms with E-state index in [2.05, 4.69) is 9.72 Å². The summed E-state index contributed by atoms with van der Waals surface area (Å²) >= 11 is 0. The van der Waals surface area contributed by atoms with E-state index in [1.165, 1.54) is 7.11 Å². The molecule has 1 N–H and O–H groups in total. The number of nitrogens with zero attached hydrogens (tertiary/aromatic N) is 1. The Morgan fingerprint density at radius 3 is 2.36 bits per heavy atom. The summed E-state index contributed by atoms with van der Waals surface area (Å²) in [5.74, 6) is -0.762. The van der Waals surface area contributed by atoms with Gasteiger partial charge in [0.2, 0.25) is 5.69 Å². The zero-order valence-corrected chi connectivity index (χ0v) is 8.08. The quantitative estimate of drug-likeness (QED) is 0.441. The number of carbonyl (C=O) groups excluding carboxylic acids is 1. The average molecular weight is 198 g/mol. The minimum Gasteiger partial charge on any atom is -0.463 e. The van der Waals surface area contributed by atoms with Gasteiger partial charge in [-0.2, -0.15) is 0 Å².